The molecule has 31 heavy (non-hydrogen) atoms. The van der Waals surface area contributed by atoms with E-state index in [0.29, 0.717) is 27.5 Å². The van der Waals surface area contributed by atoms with Crippen LogP contribution >= 0.6 is 11.6 Å². The zero-order chi connectivity index (χ0) is 21.5. The number of benzene rings is 1. The van der Waals surface area contributed by atoms with Crippen LogP contribution in [-0.2, 0) is 0 Å². The van der Waals surface area contributed by atoms with E-state index in [1.54, 1.807) is 16.8 Å². The van der Waals surface area contributed by atoms with E-state index in [1.807, 2.05) is 31.2 Å². The highest BCUT2D eigenvalue weighted by Crippen LogP contribution is 2.23. The van der Waals surface area contributed by atoms with Gasteiger partial charge in [-0.1, -0.05) is 23.7 Å². The first kappa shape index (κ1) is 19.3. The molecule has 1 fully saturated rings. The molecule has 10 nitrogen and oxygen atoms in total. The molecule has 4 N–H and O–H groups in total. The highest BCUT2D eigenvalue weighted by molar-refractivity contribution is 6.30. The second kappa shape index (κ2) is 7.55. The molecule has 1 saturated carbocycles. The molecule has 0 bridgehead atoms. The van der Waals surface area contributed by atoms with Crippen LogP contribution < -0.4 is 21.8 Å². The Labute approximate surface area is 180 Å². The van der Waals surface area contributed by atoms with Crippen LogP contribution in [0.2, 0.25) is 5.02 Å². The summed E-state index contributed by atoms with van der Waals surface area (Å²) in [5.41, 5.74) is 1.67. The summed E-state index contributed by atoms with van der Waals surface area (Å²) >= 11 is 6.12. The number of imidazole rings is 1. The van der Waals surface area contributed by atoms with Gasteiger partial charge in [-0.05, 0) is 43.5 Å². The molecule has 1 aromatic carbocycles. The van der Waals surface area contributed by atoms with Crippen LogP contribution in [0.15, 0.2) is 40.2 Å². The molecule has 0 amide bonds. The van der Waals surface area contributed by atoms with Crippen LogP contribution in [0.5, 0.6) is 5.88 Å². The predicted molar refractivity (Wildman–Crippen MR) is 115 cm³/mol. The fourth-order valence-corrected chi connectivity index (χ4v) is 3.40. The van der Waals surface area contributed by atoms with E-state index in [1.165, 1.54) is 0 Å². The monoisotopic (exact) mass is 438 g/mol. The summed E-state index contributed by atoms with van der Waals surface area (Å²) in [6, 6.07) is 7.70. The van der Waals surface area contributed by atoms with Gasteiger partial charge in [0.1, 0.15) is 5.69 Å². The molecule has 0 saturated heterocycles. The SMILES string of the molecule is C[C@H](Nc1nc(=NC2CC2)n2nc/c(=C\c3[nH]c(=O)[nH]c3O)c2n1)c1cccc(Cl)c1. The molecular weight excluding hydrogens is 420 g/mol. The van der Waals surface area contributed by atoms with Crippen LogP contribution in [-0.4, -0.2) is 40.7 Å². The first-order valence-electron chi connectivity index (χ1n) is 9.81. The minimum Gasteiger partial charge on any atom is -0.493 e. The zero-order valence-electron chi connectivity index (χ0n) is 16.5. The molecule has 5 rings (SSSR count). The number of aromatic amines is 2. The number of rotatable bonds is 5. The number of halogens is 1. The Balaban J connectivity index is 1.62. The quantitative estimate of drug-likeness (QED) is 0.370. The normalized spacial score (nSPS) is 16.2. The molecule has 0 aliphatic heterocycles. The van der Waals surface area contributed by atoms with Gasteiger partial charge in [-0.25, -0.2) is 9.79 Å². The van der Waals surface area contributed by atoms with Crippen molar-refractivity contribution in [1.82, 2.24) is 29.5 Å². The topological polar surface area (TPSA) is 136 Å². The summed E-state index contributed by atoms with van der Waals surface area (Å²) in [5.74, 6) is 0.135. The van der Waals surface area contributed by atoms with Crippen molar-refractivity contribution in [2.45, 2.75) is 31.8 Å². The molecule has 4 aromatic rings. The Kier molecular flexibility index (Phi) is 4.70. The molecule has 3 aromatic heterocycles. The Morgan fingerprint density at radius 3 is 2.90 bits per heavy atom. The van der Waals surface area contributed by atoms with Crippen LogP contribution in [0.4, 0.5) is 5.95 Å². The van der Waals surface area contributed by atoms with Gasteiger partial charge in [-0.2, -0.15) is 19.6 Å². The average molecular weight is 439 g/mol. The molecule has 11 heteroatoms. The third-order valence-electron chi connectivity index (χ3n) is 4.95. The summed E-state index contributed by atoms with van der Waals surface area (Å²) < 4.78 is 1.56. The van der Waals surface area contributed by atoms with Crippen molar-refractivity contribution in [3.63, 3.8) is 0 Å². The largest absolute Gasteiger partial charge is 0.493 e. The van der Waals surface area contributed by atoms with E-state index >= 15 is 0 Å². The maximum Gasteiger partial charge on any atom is 0.326 e. The van der Waals surface area contributed by atoms with Crippen molar-refractivity contribution in [3.05, 3.63) is 68.1 Å². The van der Waals surface area contributed by atoms with Gasteiger partial charge in [0.25, 0.3) is 5.62 Å². The third kappa shape index (κ3) is 4.02. The van der Waals surface area contributed by atoms with Crippen molar-refractivity contribution >= 4 is 29.3 Å². The van der Waals surface area contributed by atoms with E-state index in [0.717, 1.165) is 18.4 Å². The molecule has 0 spiro atoms. The van der Waals surface area contributed by atoms with Gasteiger partial charge in [-0.15, -0.1) is 0 Å². The maximum absolute atomic E-state index is 11.4. The third-order valence-corrected chi connectivity index (χ3v) is 5.19. The van der Waals surface area contributed by atoms with Gasteiger partial charge in [0.05, 0.1) is 18.3 Å². The number of hydrogen-bond acceptors (Lipinski definition) is 7. The molecule has 1 aliphatic carbocycles. The van der Waals surface area contributed by atoms with Gasteiger partial charge >= 0.3 is 5.69 Å². The van der Waals surface area contributed by atoms with Crippen LogP contribution in [0.3, 0.4) is 0 Å². The highest BCUT2D eigenvalue weighted by atomic mass is 35.5. The summed E-state index contributed by atoms with van der Waals surface area (Å²) in [5, 5.41) is 18.8. The molecule has 0 unspecified atom stereocenters. The Bertz CT molecular complexity index is 1450. The van der Waals surface area contributed by atoms with Gasteiger partial charge in [0.2, 0.25) is 11.8 Å². The fraction of sp³-hybridized carbons (Fsp3) is 0.250. The fourth-order valence-electron chi connectivity index (χ4n) is 3.20. The maximum atomic E-state index is 11.4. The first-order chi connectivity index (χ1) is 15.0. The van der Waals surface area contributed by atoms with E-state index in [4.69, 9.17) is 11.6 Å². The lowest BCUT2D eigenvalue weighted by molar-refractivity contribution is 0.454. The Morgan fingerprint density at radius 1 is 1.35 bits per heavy atom. The second-order valence-electron chi connectivity index (χ2n) is 7.45. The van der Waals surface area contributed by atoms with E-state index in [2.05, 4.69) is 35.3 Å². The predicted octanol–water partition coefficient (Wildman–Crippen LogP) is 1.28. The van der Waals surface area contributed by atoms with Gasteiger partial charge < -0.3 is 15.4 Å². The summed E-state index contributed by atoms with van der Waals surface area (Å²) in [6.07, 6.45) is 5.22. The van der Waals surface area contributed by atoms with Crippen molar-refractivity contribution in [3.8, 4) is 5.88 Å². The standard InChI is InChI=1S/C20H19ClN8O2/c1-10(11-3-2-4-13(21)7-11)23-18-26-16-12(8-15-17(30)27-20(31)25-15)9-22-29(16)19(28-18)24-14-5-6-14/h2-4,7-10,14,30H,5-6H2,1H3,(H,23,24,28)(H2,25,27,31)/b12-8+/t10-/m0/s1. The number of H-pyrrole nitrogens is 2. The number of aromatic nitrogens is 6. The van der Waals surface area contributed by atoms with Crippen LogP contribution in [0.1, 0.15) is 37.1 Å². The van der Waals surface area contributed by atoms with Crippen LogP contribution in [0.25, 0.3) is 11.7 Å². The minimum absolute atomic E-state index is 0.102. The second-order valence-corrected chi connectivity index (χ2v) is 7.89. The van der Waals surface area contributed by atoms with E-state index in [9.17, 15) is 9.90 Å². The first-order valence-corrected chi connectivity index (χ1v) is 10.2. The minimum atomic E-state index is -0.503. The molecular formula is C20H19ClN8O2. The molecule has 158 valence electrons. The lowest BCUT2D eigenvalue weighted by Crippen LogP contribution is -2.25. The Morgan fingerprint density at radius 2 is 2.19 bits per heavy atom. The smallest absolute Gasteiger partial charge is 0.326 e. The average Bonchev–Trinajstić information content (AvgIpc) is 3.37. The summed E-state index contributed by atoms with van der Waals surface area (Å²) in [6.45, 7) is 1.99. The number of nitrogens with one attached hydrogen (secondary N) is 3. The molecule has 1 atom stereocenters. The van der Waals surface area contributed by atoms with Crippen molar-refractivity contribution < 1.29 is 5.11 Å². The van der Waals surface area contributed by atoms with Gasteiger partial charge in [0, 0.05) is 10.2 Å². The summed E-state index contributed by atoms with van der Waals surface area (Å²) in [7, 11) is 0. The number of aromatic hydroxyl groups is 1. The number of hydrogen-bond donors (Lipinski definition) is 4. The number of nitrogens with zero attached hydrogens (tertiary/aromatic N) is 5. The van der Waals surface area contributed by atoms with E-state index < -0.39 is 5.69 Å². The lowest BCUT2D eigenvalue weighted by atomic mass is 10.1. The molecule has 3 heterocycles. The van der Waals surface area contributed by atoms with E-state index in [-0.39, 0.29) is 23.7 Å². The van der Waals surface area contributed by atoms with Gasteiger partial charge in [-0.3, -0.25) is 4.98 Å². The number of fused-ring (bicyclic) bond motifs is 1. The number of anilines is 1. The Hall–Kier alpha value is -3.66. The zero-order valence-corrected chi connectivity index (χ0v) is 17.3. The molecule has 0 radical (unpaired) electrons. The lowest BCUT2D eigenvalue weighted by Gasteiger charge is -2.14. The van der Waals surface area contributed by atoms with Crippen molar-refractivity contribution in [1.29, 1.82) is 0 Å². The molecule has 1 aliphatic rings. The van der Waals surface area contributed by atoms with Gasteiger partial charge in [0.15, 0.2) is 5.65 Å². The highest BCUT2D eigenvalue weighted by Gasteiger charge is 2.21. The van der Waals surface area contributed by atoms with Crippen LogP contribution in [0, 0.1) is 0 Å². The summed E-state index contributed by atoms with van der Waals surface area (Å²) in [4.78, 5) is 30.1. The van der Waals surface area contributed by atoms with Crippen molar-refractivity contribution in [2.75, 3.05) is 5.32 Å². The van der Waals surface area contributed by atoms with Crippen molar-refractivity contribution in [2.24, 2.45) is 4.99 Å².